The molecule has 0 bridgehead atoms. The predicted octanol–water partition coefficient (Wildman–Crippen LogP) is 2.09. The average Bonchev–Trinajstić information content (AvgIpc) is 3.24. The van der Waals surface area contributed by atoms with E-state index in [1.807, 2.05) is 45.0 Å². The Hall–Kier alpha value is -3.00. The monoisotopic (exact) mass is 402 g/mol. The topological polar surface area (TPSA) is 108 Å². The van der Waals surface area contributed by atoms with Gasteiger partial charge in [-0.3, -0.25) is 9.79 Å². The van der Waals surface area contributed by atoms with Crippen molar-refractivity contribution in [2.75, 3.05) is 26.2 Å². The number of nitrogens with zero attached hydrogens (tertiary/aromatic N) is 1. The molecule has 158 valence electrons. The van der Waals surface area contributed by atoms with E-state index in [4.69, 9.17) is 9.15 Å². The molecule has 29 heavy (non-hydrogen) atoms. The minimum absolute atomic E-state index is 0.105. The van der Waals surface area contributed by atoms with E-state index in [1.165, 1.54) is 6.26 Å². The van der Waals surface area contributed by atoms with E-state index in [9.17, 15) is 9.90 Å². The van der Waals surface area contributed by atoms with Crippen LogP contribution in [0.4, 0.5) is 0 Å². The molecule has 1 heterocycles. The van der Waals surface area contributed by atoms with Crippen molar-refractivity contribution in [3.05, 3.63) is 54.0 Å². The van der Waals surface area contributed by atoms with Crippen LogP contribution in [0.25, 0.3) is 0 Å². The number of aliphatic hydroxyl groups excluding tert-OH is 1. The molecule has 1 aromatic carbocycles. The highest BCUT2D eigenvalue weighted by atomic mass is 16.5. The van der Waals surface area contributed by atoms with E-state index in [0.29, 0.717) is 25.6 Å². The van der Waals surface area contributed by atoms with Gasteiger partial charge in [-0.1, -0.05) is 12.1 Å². The van der Waals surface area contributed by atoms with Crippen molar-refractivity contribution in [2.24, 2.45) is 4.99 Å². The highest BCUT2D eigenvalue weighted by Crippen LogP contribution is 2.19. The Morgan fingerprint density at radius 3 is 2.48 bits per heavy atom. The molecule has 8 heteroatoms. The van der Waals surface area contributed by atoms with E-state index >= 15 is 0 Å². The van der Waals surface area contributed by atoms with E-state index in [2.05, 4.69) is 20.9 Å². The van der Waals surface area contributed by atoms with Crippen LogP contribution in [0.3, 0.4) is 0 Å². The number of nitrogens with one attached hydrogen (secondary N) is 3. The lowest BCUT2D eigenvalue weighted by Gasteiger charge is -2.14. The molecule has 1 atom stereocenters. The Bertz CT molecular complexity index is 757. The maximum atomic E-state index is 11.8. The second kappa shape index (κ2) is 11.8. The molecule has 2 aromatic rings. The molecule has 2 rings (SSSR count). The van der Waals surface area contributed by atoms with Crippen molar-refractivity contribution < 1.29 is 19.1 Å². The molecular formula is C21H30N4O4. The second-order valence-electron chi connectivity index (χ2n) is 6.63. The van der Waals surface area contributed by atoms with Gasteiger partial charge in [0.1, 0.15) is 5.75 Å². The van der Waals surface area contributed by atoms with Gasteiger partial charge in [-0.2, -0.15) is 0 Å². The first-order chi connectivity index (χ1) is 14.0. The lowest BCUT2D eigenvalue weighted by Crippen LogP contribution is -2.41. The molecule has 0 aliphatic rings. The predicted molar refractivity (Wildman–Crippen MR) is 112 cm³/mol. The summed E-state index contributed by atoms with van der Waals surface area (Å²) in [6.07, 6.45) is 0.837. The maximum absolute atomic E-state index is 11.8. The highest BCUT2D eigenvalue weighted by molar-refractivity contribution is 5.91. The molecule has 1 amide bonds. The van der Waals surface area contributed by atoms with Crippen LogP contribution in [0.1, 0.15) is 43.0 Å². The number of carbonyl (C=O) groups is 1. The second-order valence-corrected chi connectivity index (χ2v) is 6.63. The first-order valence-electron chi connectivity index (χ1n) is 9.78. The molecule has 0 spiro atoms. The number of hydrogen-bond acceptors (Lipinski definition) is 5. The van der Waals surface area contributed by atoms with Crippen LogP contribution in [0.5, 0.6) is 5.75 Å². The number of aliphatic imine (C=N–C) groups is 1. The number of aliphatic hydroxyl groups is 1. The van der Waals surface area contributed by atoms with Gasteiger partial charge in [0, 0.05) is 19.6 Å². The minimum Gasteiger partial charge on any atom is -0.491 e. The van der Waals surface area contributed by atoms with Crippen molar-refractivity contribution in [2.45, 2.75) is 33.0 Å². The fourth-order valence-corrected chi connectivity index (χ4v) is 2.52. The van der Waals surface area contributed by atoms with Crippen molar-refractivity contribution in [1.82, 2.24) is 16.0 Å². The van der Waals surface area contributed by atoms with Crippen LogP contribution >= 0.6 is 0 Å². The summed E-state index contributed by atoms with van der Waals surface area (Å²) in [5.74, 6) is 1.35. The quantitative estimate of drug-likeness (QED) is 0.275. The third-order valence-corrected chi connectivity index (χ3v) is 3.85. The minimum atomic E-state index is -0.725. The van der Waals surface area contributed by atoms with Crippen LogP contribution in [-0.2, 0) is 0 Å². The number of ether oxygens (including phenoxy) is 1. The summed E-state index contributed by atoms with van der Waals surface area (Å²) < 4.78 is 10.7. The van der Waals surface area contributed by atoms with Crippen LogP contribution in [0, 0.1) is 0 Å². The van der Waals surface area contributed by atoms with E-state index in [1.54, 1.807) is 12.1 Å². The summed E-state index contributed by atoms with van der Waals surface area (Å²) in [5.41, 5.74) is 0.770. The van der Waals surface area contributed by atoms with E-state index < -0.39 is 6.10 Å². The zero-order chi connectivity index (χ0) is 21.1. The molecule has 4 N–H and O–H groups in total. The summed E-state index contributed by atoms with van der Waals surface area (Å²) in [6, 6.07) is 10.6. The van der Waals surface area contributed by atoms with E-state index in [0.717, 1.165) is 11.3 Å². The standard InChI is InChI=1S/C21H30N4O4/c1-4-22-21(24-12-11-23-20(27)19-6-5-13-28-19)25-14-18(26)16-7-9-17(10-8-16)29-15(2)3/h5-10,13,15,18,26H,4,11-12,14H2,1-3H3,(H,23,27)(H2,22,24,25). The zero-order valence-corrected chi connectivity index (χ0v) is 17.1. The molecule has 0 saturated carbocycles. The lowest BCUT2D eigenvalue weighted by molar-refractivity contribution is 0.0926. The fourth-order valence-electron chi connectivity index (χ4n) is 2.52. The summed E-state index contributed by atoms with van der Waals surface area (Å²) in [4.78, 5) is 16.2. The molecule has 0 saturated heterocycles. The van der Waals surface area contributed by atoms with Gasteiger partial charge in [-0.15, -0.1) is 0 Å². The third kappa shape index (κ3) is 7.87. The zero-order valence-electron chi connectivity index (χ0n) is 17.1. The summed E-state index contributed by atoms with van der Waals surface area (Å²) in [6.45, 7) is 7.67. The highest BCUT2D eigenvalue weighted by Gasteiger charge is 2.09. The maximum Gasteiger partial charge on any atom is 0.287 e. The lowest BCUT2D eigenvalue weighted by atomic mass is 10.1. The SMILES string of the molecule is CCNC(=NCC(O)c1ccc(OC(C)C)cc1)NCCNC(=O)c1ccco1. The summed E-state index contributed by atoms with van der Waals surface area (Å²) >= 11 is 0. The Morgan fingerprint density at radius 2 is 1.86 bits per heavy atom. The number of benzene rings is 1. The first-order valence-corrected chi connectivity index (χ1v) is 9.78. The van der Waals surface area contributed by atoms with Crippen LogP contribution in [-0.4, -0.2) is 49.3 Å². The Morgan fingerprint density at radius 1 is 1.14 bits per heavy atom. The van der Waals surface area contributed by atoms with Gasteiger partial charge in [0.05, 0.1) is 25.0 Å². The summed E-state index contributed by atoms with van der Waals surface area (Å²) in [7, 11) is 0. The molecule has 0 radical (unpaired) electrons. The number of furan rings is 1. The van der Waals surface area contributed by atoms with Crippen molar-refractivity contribution in [3.63, 3.8) is 0 Å². The van der Waals surface area contributed by atoms with Crippen LogP contribution in [0.15, 0.2) is 52.1 Å². The van der Waals surface area contributed by atoms with Crippen molar-refractivity contribution in [1.29, 1.82) is 0 Å². The fraction of sp³-hybridized carbons (Fsp3) is 0.429. The van der Waals surface area contributed by atoms with Gasteiger partial charge in [0.2, 0.25) is 0 Å². The molecule has 0 aliphatic heterocycles. The molecular weight excluding hydrogens is 372 g/mol. The van der Waals surface area contributed by atoms with Gasteiger partial charge in [0.15, 0.2) is 11.7 Å². The van der Waals surface area contributed by atoms with Gasteiger partial charge < -0.3 is 30.2 Å². The summed E-state index contributed by atoms with van der Waals surface area (Å²) in [5, 5.41) is 19.4. The van der Waals surface area contributed by atoms with Gasteiger partial charge in [-0.25, -0.2) is 0 Å². The number of carbonyl (C=O) groups excluding carboxylic acids is 1. The Kier molecular flexibility index (Phi) is 9.04. The van der Waals surface area contributed by atoms with Crippen molar-refractivity contribution in [3.8, 4) is 5.75 Å². The molecule has 0 aliphatic carbocycles. The first kappa shape index (κ1) is 22.3. The van der Waals surface area contributed by atoms with E-state index in [-0.39, 0.29) is 24.3 Å². The average molecular weight is 402 g/mol. The largest absolute Gasteiger partial charge is 0.491 e. The smallest absolute Gasteiger partial charge is 0.287 e. The van der Waals surface area contributed by atoms with Crippen molar-refractivity contribution >= 4 is 11.9 Å². The third-order valence-electron chi connectivity index (χ3n) is 3.85. The molecule has 1 aromatic heterocycles. The number of rotatable bonds is 10. The van der Waals surface area contributed by atoms with Gasteiger partial charge in [-0.05, 0) is 50.6 Å². The number of amides is 1. The Balaban J connectivity index is 1.80. The van der Waals surface area contributed by atoms with Crippen LogP contribution in [0.2, 0.25) is 0 Å². The normalized spacial score (nSPS) is 12.5. The Labute approximate surface area is 171 Å². The molecule has 1 unspecified atom stereocenters. The molecule has 0 fully saturated rings. The van der Waals surface area contributed by atoms with Crippen LogP contribution < -0.4 is 20.7 Å². The molecule has 8 nitrogen and oxygen atoms in total. The number of guanidine groups is 1. The van der Waals surface area contributed by atoms with Gasteiger partial charge in [0.25, 0.3) is 5.91 Å². The van der Waals surface area contributed by atoms with Gasteiger partial charge >= 0.3 is 0 Å². The number of hydrogen-bond donors (Lipinski definition) is 4.